The SMILES string of the molecule is Fc1c(N2CCOCC2)cc2c(c1F)=NCN=2. The van der Waals surface area contributed by atoms with Crippen molar-refractivity contribution in [3.8, 4) is 0 Å². The van der Waals surface area contributed by atoms with Gasteiger partial charge >= 0.3 is 0 Å². The second kappa shape index (κ2) is 4.03. The number of nitrogens with zero attached hydrogens (tertiary/aromatic N) is 3. The zero-order chi connectivity index (χ0) is 11.8. The van der Waals surface area contributed by atoms with E-state index in [9.17, 15) is 8.78 Å². The Bertz CT molecular complexity index is 567. The monoisotopic (exact) mass is 239 g/mol. The number of fused-ring (bicyclic) bond motifs is 1. The lowest BCUT2D eigenvalue weighted by atomic mass is 10.2. The second-order valence-electron chi connectivity index (χ2n) is 3.95. The van der Waals surface area contributed by atoms with Crippen LogP contribution >= 0.6 is 0 Å². The molecular formula is C11H11F2N3O. The number of halogens is 2. The first-order chi connectivity index (χ1) is 8.27. The summed E-state index contributed by atoms with van der Waals surface area (Å²) in [6, 6.07) is 1.57. The molecular weight excluding hydrogens is 228 g/mol. The van der Waals surface area contributed by atoms with Gasteiger partial charge in [-0.2, -0.15) is 0 Å². The van der Waals surface area contributed by atoms with Gasteiger partial charge in [-0.25, -0.2) is 8.78 Å². The third-order valence-electron chi connectivity index (χ3n) is 2.96. The largest absolute Gasteiger partial charge is 0.378 e. The summed E-state index contributed by atoms with van der Waals surface area (Å²) < 4.78 is 32.8. The van der Waals surface area contributed by atoms with Gasteiger partial charge in [0.25, 0.3) is 0 Å². The van der Waals surface area contributed by atoms with Crippen molar-refractivity contribution in [1.29, 1.82) is 0 Å². The van der Waals surface area contributed by atoms with E-state index in [0.29, 0.717) is 31.7 Å². The first kappa shape index (κ1) is 10.6. The van der Waals surface area contributed by atoms with Gasteiger partial charge in [-0.15, -0.1) is 0 Å². The van der Waals surface area contributed by atoms with Crippen LogP contribution in [0.5, 0.6) is 0 Å². The van der Waals surface area contributed by atoms with E-state index < -0.39 is 11.6 Å². The molecule has 4 nitrogen and oxygen atoms in total. The van der Waals surface area contributed by atoms with Gasteiger partial charge in [-0.1, -0.05) is 0 Å². The maximum Gasteiger partial charge on any atom is 0.188 e. The summed E-state index contributed by atoms with van der Waals surface area (Å²) in [4.78, 5) is 9.62. The van der Waals surface area contributed by atoms with Gasteiger partial charge < -0.3 is 9.64 Å². The van der Waals surface area contributed by atoms with Gasteiger partial charge in [0, 0.05) is 13.1 Å². The molecule has 2 heterocycles. The fraction of sp³-hybridized carbons (Fsp3) is 0.455. The molecule has 1 fully saturated rings. The third-order valence-corrected chi connectivity index (χ3v) is 2.96. The molecule has 0 saturated carbocycles. The van der Waals surface area contributed by atoms with Crippen LogP contribution in [0.3, 0.4) is 0 Å². The molecule has 6 heteroatoms. The Morgan fingerprint density at radius 2 is 1.88 bits per heavy atom. The maximum atomic E-state index is 13.9. The number of anilines is 1. The van der Waals surface area contributed by atoms with Crippen LogP contribution in [0.15, 0.2) is 16.1 Å². The van der Waals surface area contributed by atoms with Crippen LogP contribution in [0.25, 0.3) is 0 Å². The lowest BCUT2D eigenvalue weighted by molar-refractivity contribution is 0.122. The van der Waals surface area contributed by atoms with Crippen molar-refractivity contribution in [2.24, 2.45) is 9.98 Å². The molecule has 17 heavy (non-hydrogen) atoms. The predicted molar refractivity (Wildman–Crippen MR) is 56.6 cm³/mol. The van der Waals surface area contributed by atoms with Crippen molar-refractivity contribution in [3.05, 3.63) is 28.4 Å². The van der Waals surface area contributed by atoms with Crippen LogP contribution in [0.2, 0.25) is 0 Å². The standard InChI is InChI=1S/C11H11F2N3O/c12-9-8(16-1-3-17-4-2-16)5-7-11(10(9)13)15-6-14-7/h5H,1-4,6H2. The molecule has 0 bridgehead atoms. The molecule has 0 radical (unpaired) electrons. The van der Waals surface area contributed by atoms with E-state index in [-0.39, 0.29) is 17.7 Å². The summed E-state index contributed by atoms with van der Waals surface area (Å²) in [7, 11) is 0. The van der Waals surface area contributed by atoms with Crippen molar-refractivity contribution < 1.29 is 13.5 Å². The number of ether oxygens (including phenoxy) is 1. The van der Waals surface area contributed by atoms with Crippen LogP contribution in [-0.4, -0.2) is 33.0 Å². The highest BCUT2D eigenvalue weighted by molar-refractivity contribution is 5.48. The first-order valence-electron chi connectivity index (χ1n) is 5.47. The number of morpholine rings is 1. The zero-order valence-electron chi connectivity index (χ0n) is 9.12. The van der Waals surface area contributed by atoms with Crippen LogP contribution in [0.1, 0.15) is 0 Å². The van der Waals surface area contributed by atoms with Crippen molar-refractivity contribution in [2.75, 3.05) is 37.9 Å². The van der Waals surface area contributed by atoms with Gasteiger partial charge in [-0.05, 0) is 6.07 Å². The Morgan fingerprint density at radius 1 is 1.12 bits per heavy atom. The van der Waals surface area contributed by atoms with Crippen molar-refractivity contribution in [1.82, 2.24) is 0 Å². The highest BCUT2D eigenvalue weighted by Gasteiger charge is 2.20. The van der Waals surface area contributed by atoms with E-state index in [1.54, 1.807) is 11.0 Å². The Morgan fingerprint density at radius 3 is 2.65 bits per heavy atom. The van der Waals surface area contributed by atoms with E-state index in [0.717, 1.165) is 0 Å². The van der Waals surface area contributed by atoms with Gasteiger partial charge in [0.15, 0.2) is 11.6 Å². The van der Waals surface area contributed by atoms with Crippen LogP contribution in [0.4, 0.5) is 14.5 Å². The molecule has 0 unspecified atom stereocenters. The van der Waals surface area contributed by atoms with Gasteiger partial charge in [0.2, 0.25) is 0 Å². The Labute approximate surface area is 96.2 Å². The summed E-state index contributed by atoms with van der Waals surface area (Å²) in [6.07, 6.45) is 0. The summed E-state index contributed by atoms with van der Waals surface area (Å²) in [5.74, 6) is -1.74. The maximum absolute atomic E-state index is 13.9. The van der Waals surface area contributed by atoms with E-state index in [1.807, 2.05) is 0 Å². The summed E-state index contributed by atoms with van der Waals surface area (Å²) in [6.45, 7) is 2.36. The number of rotatable bonds is 1. The minimum absolute atomic E-state index is 0.0412. The predicted octanol–water partition coefficient (Wildman–Crippen LogP) is 0.0117. The van der Waals surface area contributed by atoms with E-state index in [2.05, 4.69) is 9.98 Å². The summed E-state index contributed by atoms with van der Waals surface area (Å²) >= 11 is 0. The Balaban J connectivity index is 2.12. The van der Waals surface area contributed by atoms with E-state index >= 15 is 0 Å². The molecule has 90 valence electrons. The lowest BCUT2D eigenvalue weighted by Gasteiger charge is -2.29. The van der Waals surface area contributed by atoms with Crippen molar-refractivity contribution in [3.63, 3.8) is 0 Å². The minimum atomic E-state index is -0.898. The van der Waals surface area contributed by atoms with Crippen LogP contribution < -0.4 is 15.6 Å². The summed E-state index contributed by atoms with van der Waals surface area (Å²) in [5, 5.41) is 0.477. The molecule has 0 aliphatic carbocycles. The van der Waals surface area contributed by atoms with Crippen LogP contribution in [0, 0.1) is 11.6 Å². The average Bonchev–Trinajstić information content (AvgIpc) is 2.83. The van der Waals surface area contributed by atoms with E-state index in [1.165, 1.54) is 0 Å². The molecule has 0 amide bonds. The normalized spacial score (nSPS) is 18.6. The molecule has 0 spiro atoms. The number of hydrogen-bond acceptors (Lipinski definition) is 4. The molecule has 2 aliphatic rings. The Hall–Kier alpha value is -1.56. The number of hydrogen-bond donors (Lipinski definition) is 0. The minimum Gasteiger partial charge on any atom is -0.378 e. The molecule has 1 aromatic carbocycles. The fourth-order valence-corrected chi connectivity index (χ4v) is 2.08. The van der Waals surface area contributed by atoms with Gasteiger partial charge in [0.05, 0.1) is 24.3 Å². The zero-order valence-corrected chi connectivity index (χ0v) is 9.12. The van der Waals surface area contributed by atoms with Gasteiger partial charge in [-0.3, -0.25) is 9.98 Å². The first-order valence-corrected chi connectivity index (χ1v) is 5.47. The smallest absolute Gasteiger partial charge is 0.188 e. The summed E-state index contributed by atoms with van der Waals surface area (Å²) in [5.41, 5.74) is 0.255. The quantitative estimate of drug-likeness (QED) is 0.692. The Kier molecular flexibility index (Phi) is 2.51. The molecule has 0 aromatic heterocycles. The molecule has 0 N–H and O–H groups in total. The lowest BCUT2D eigenvalue weighted by Crippen LogP contribution is -2.39. The van der Waals surface area contributed by atoms with E-state index in [4.69, 9.17) is 4.74 Å². The highest BCUT2D eigenvalue weighted by atomic mass is 19.2. The third kappa shape index (κ3) is 1.68. The molecule has 3 rings (SSSR count). The number of benzene rings is 1. The van der Waals surface area contributed by atoms with Gasteiger partial charge in [0.1, 0.15) is 12.0 Å². The second-order valence-corrected chi connectivity index (χ2v) is 3.95. The van der Waals surface area contributed by atoms with Crippen molar-refractivity contribution in [2.45, 2.75) is 0 Å². The molecule has 2 aliphatic heterocycles. The van der Waals surface area contributed by atoms with Crippen LogP contribution in [-0.2, 0) is 4.74 Å². The molecule has 0 atom stereocenters. The fourth-order valence-electron chi connectivity index (χ4n) is 2.08. The highest BCUT2D eigenvalue weighted by Crippen LogP contribution is 2.19. The topological polar surface area (TPSA) is 37.2 Å². The average molecular weight is 239 g/mol. The molecule has 1 aromatic rings. The molecule has 1 saturated heterocycles. The van der Waals surface area contributed by atoms with Crippen molar-refractivity contribution >= 4 is 5.69 Å².